The molecule has 0 fully saturated rings. The number of hydrogen-bond donors (Lipinski definition) is 1. The first-order chi connectivity index (χ1) is 18.1. The third-order valence-electron chi connectivity index (χ3n) is 6.09. The zero-order valence-electron chi connectivity index (χ0n) is 21.4. The highest BCUT2D eigenvalue weighted by molar-refractivity contribution is 7.89. The van der Waals surface area contributed by atoms with Gasteiger partial charge in [-0.1, -0.05) is 12.1 Å². The van der Waals surface area contributed by atoms with E-state index in [0.29, 0.717) is 28.5 Å². The molecule has 1 atom stereocenters. The summed E-state index contributed by atoms with van der Waals surface area (Å²) in [6, 6.07) is 18.1. The minimum atomic E-state index is -3.60. The van der Waals surface area contributed by atoms with Crippen LogP contribution in [0.4, 0.5) is 11.4 Å². The maximum Gasteiger partial charge on any atom is 0.265 e. The summed E-state index contributed by atoms with van der Waals surface area (Å²) in [6.07, 6.45) is -0.552. The number of pyridine rings is 1. The van der Waals surface area contributed by atoms with Crippen LogP contribution in [-0.4, -0.2) is 48.4 Å². The van der Waals surface area contributed by atoms with E-state index in [9.17, 15) is 13.2 Å². The van der Waals surface area contributed by atoms with Crippen molar-refractivity contribution in [1.82, 2.24) is 13.9 Å². The number of carbonyl (C=O) groups is 1. The molecule has 196 valence electrons. The zero-order chi connectivity index (χ0) is 27.0. The number of benzene rings is 2. The predicted molar refractivity (Wildman–Crippen MR) is 147 cm³/mol. The second-order valence-electron chi connectivity index (χ2n) is 9.12. The largest absolute Gasteiger partial charge is 0.479 e. The highest BCUT2D eigenvalue weighted by Crippen LogP contribution is 2.34. The Morgan fingerprint density at radius 1 is 1.13 bits per heavy atom. The van der Waals surface area contributed by atoms with Crippen LogP contribution in [0.25, 0.3) is 11.3 Å². The molecule has 2 aromatic heterocycles. The van der Waals surface area contributed by atoms with Crippen LogP contribution in [0.2, 0.25) is 0 Å². The van der Waals surface area contributed by atoms with E-state index in [2.05, 4.69) is 10.3 Å². The van der Waals surface area contributed by atoms with Gasteiger partial charge in [-0.3, -0.25) is 9.78 Å². The standard InChI is InChI=1S/C27H27N5O4S2/c1-17-7-5-9-21(28-17)15-32-24(19-11-12-25-23(13-19)30-26(33)18(2)36-25)16-37-27(32)29-20-8-6-10-22(14-20)38(34,35)31(3)4/h5-14,16,18H,15H2,1-4H3,(H,30,33). The minimum absolute atomic E-state index is 0.173. The number of thiazole rings is 1. The number of amides is 1. The fourth-order valence-corrected chi connectivity index (χ4v) is 5.93. The first-order valence-electron chi connectivity index (χ1n) is 11.9. The van der Waals surface area contributed by atoms with Crippen LogP contribution in [0.5, 0.6) is 5.75 Å². The Hall–Kier alpha value is -3.80. The number of nitrogens with one attached hydrogen (secondary N) is 1. The molecule has 0 saturated heterocycles. The van der Waals surface area contributed by atoms with Gasteiger partial charge in [-0.15, -0.1) is 11.3 Å². The number of hydrogen-bond acceptors (Lipinski definition) is 7. The molecule has 0 bridgehead atoms. The number of anilines is 1. The number of ether oxygens (including phenoxy) is 1. The van der Waals surface area contributed by atoms with Gasteiger partial charge < -0.3 is 14.6 Å². The van der Waals surface area contributed by atoms with E-state index in [-0.39, 0.29) is 10.8 Å². The van der Waals surface area contributed by atoms with Crippen molar-refractivity contribution in [3.8, 4) is 17.0 Å². The van der Waals surface area contributed by atoms with Gasteiger partial charge in [0, 0.05) is 30.7 Å². The first-order valence-corrected chi connectivity index (χ1v) is 14.2. The normalized spacial score (nSPS) is 15.8. The Balaban J connectivity index is 1.63. The predicted octanol–water partition coefficient (Wildman–Crippen LogP) is 4.17. The molecule has 1 N–H and O–H groups in total. The van der Waals surface area contributed by atoms with Crippen molar-refractivity contribution in [2.75, 3.05) is 19.4 Å². The molecule has 1 aliphatic rings. The maximum absolute atomic E-state index is 12.7. The summed E-state index contributed by atoms with van der Waals surface area (Å²) in [6.45, 7) is 4.10. The summed E-state index contributed by atoms with van der Waals surface area (Å²) < 4.78 is 34.3. The highest BCUT2D eigenvalue weighted by Gasteiger charge is 2.24. The number of nitrogens with zero attached hydrogens (tertiary/aromatic N) is 4. The summed E-state index contributed by atoms with van der Waals surface area (Å²) in [5.74, 6) is 0.423. The van der Waals surface area contributed by atoms with E-state index in [1.165, 1.54) is 29.7 Å². The molecule has 0 saturated carbocycles. The third-order valence-corrected chi connectivity index (χ3v) is 8.77. The van der Waals surface area contributed by atoms with E-state index in [1.807, 2.05) is 53.3 Å². The van der Waals surface area contributed by atoms with E-state index in [4.69, 9.17) is 9.73 Å². The highest BCUT2D eigenvalue weighted by atomic mass is 32.2. The van der Waals surface area contributed by atoms with Crippen LogP contribution in [0.15, 0.2) is 75.9 Å². The van der Waals surface area contributed by atoms with Gasteiger partial charge >= 0.3 is 0 Å². The first kappa shape index (κ1) is 25.8. The minimum Gasteiger partial charge on any atom is -0.479 e. The van der Waals surface area contributed by atoms with Gasteiger partial charge in [0.25, 0.3) is 5.91 Å². The monoisotopic (exact) mass is 549 g/mol. The summed E-state index contributed by atoms with van der Waals surface area (Å²) in [7, 11) is -0.596. The van der Waals surface area contributed by atoms with Crippen molar-refractivity contribution >= 4 is 38.6 Å². The Kier molecular flexibility index (Phi) is 6.91. The van der Waals surface area contributed by atoms with Crippen LogP contribution < -0.4 is 14.9 Å². The lowest BCUT2D eigenvalue weighted by atomic mass is 10.1. The number of aryl methyl sites for hydroxylation is 1. The van der Waals surface area contributed by atoms with Crippen molar-refractivity contribution in [2.45, 2.75) is 31.4 Å². The summed E-state index contributed by atoms with van der Waals surface area (Å²) in [4.78, 5) is 22.5. The molecule has 4 aromatic rings. The molecule has 38 heavy (non-hydrogen) atoms. The molecule has 2 aromatic carbocycles. The van der Waals surface area contributed by atoms with Crippen LogP contribution in [-0.2, 0) is 21.4 Å². The Bertz CT molecular complexity index is 1710. The van der Waals surface area contributed by atoms with Crippen LogP contribution in [0, 0.1) is 6.92 Å². The van der Waals surface area contributed by atoms with E-state index in [1.54, 1.807) is 31.2 Å². The second-order valence-corrected chi connectivity index (χ2v) is 12.1. The molecule has 5 rings (SSSR count). The average Bonchev–Trinajstić information content (AvgIpc) is 3.26. The molecular formula is C27H27N5O4S2. The van der Waals surface area contributed by atoms with Gasteiger partial charge in [0.15, 0.2) is 10.9 Å². The molecule has 9 nitrogen and oxygen atoms in total. The van der Waals surface area contributed by atoms with Crippen molar-refractivity contribution in [3.63, 3.8) is 0 Å². The smallest absolute Gasteiger partial charge is 0.265 e. The Morgan fingerprint density at radius 2 is 1.92 bits per heavy atom. The lowest BCUT2D eigenvalue weighted by molar-refractivity contribution is -0.122. The number of carbonyl (C=O) groups excluding carboxylic acids is 1. The van der Waals surface area contributed by atoms with Gasteiger partial charge in [0.05, 0.1) is 34.2 Å². The van der Waals surface area contributed by atoms with Gasteiger partial charge in [-0.25, -0.2) is 17.7 Å². The van der Waals surface area contributed by atoms with E-state index < -0.39 is 16.1 Å². The molecule has 0 aliphatic carbocycles. The summed E-state index contributed by atoms with van der Waals surface area (Å²) in [5, 5.41) is 4.90. The van der Waals surface area contributed by atoms with Crippen molar-refractivity contribution in [2.24, 2.45) is 4.99 Å². The topological polar surface area (TPSA) is 106 Å². The number of fused-ring (bicyclic) bond motifs is 1. The quantitative estimate of drug-likeness (QED) is 0.389. The van der Waals surface area contributed by atoms with E-state index >= 15 is 0 Å². The summed E-state index contributed by atoms with van der Waals surface area (Å²) in [5.41, 5.74) is 4.65. The van der Waals surface area contributed by atoms with Crippen LogP contribution >= 0.6 is 11.3 Å². The number of rotatable bonds is 6. The van der Waals surface area contributed by atoms with Crippen molar-refractivity contribution in [1.29, 1.82) is 0 Å². The van der Waals surface area contributed by atoms with Gasteiger partial charge in [0.2, 0.25) is 10.0 Å². The molecule has 0 spiro atoms. The van der Waals surface area contributed by atoms with Gasteiger partial charge in [-0.2, -0.15) is 0 Å². The molecule has 1 amide bonds. The lowest BCUT2D eigenvalue weighted by Crippen LogP contribution is -2.34. The molecular weight excluding hydrogens is 522 g/mol. The molecule has 3 heterocycles. The molecule has 11 heteroatoms. The van der Waals surface area contributed by atoms with Crippen molar-refractivity contribution in [3.05, 3.63) is 82.2 Å². The average molecular weight is 550 g/mol. The summed E-state index contributed by atoms with van der Waals surface area (Å²) >= 11 is 1.44. The molecule has 0 radical (unpaired) electrons. The van der Waals surface area contributed by atoms with Gasteiger partial charge in [-0.05, 0) is 62.4 Å². The number of aromatic nitrogens is 2. The molecule has 1 unspecified atom stereocenters. The fraction of sp³-hybridized carbons (Fsp3) is 0.222. The third kappa shape index (κ3) is 5.13. The Morgan fingerprint density at radius 3 is 2.68 bits per heavy atom. The SMILES string of the molecule is Cc1cccc(Cn2c(-c3ccc4c(c3)NC(=O)C(C)O4)csc2=Nc2cccc(S(=O)(=O)N(C)C)c2)n1. The lowest BCUT2D eigenvalue weighted by Gasteiger charge is -2.23. The van der Waals surface area contributed by atoms with Crippen molar-refractivity contribution < 1.29 is 17.9 Å². The second kappa shape index (κ2) is 10.2. The fourth-order valence-electron chi connectivity index (χ4n) is 4.05. The van der Waals surface area contributed by atoms with Crippen LogP contribution in [0.1, 0.15) is 18.3 Å². The number of sulfonamides is 1. The Labute approximate surface area is 225 Å². The van der Waals surface area contributed by atoms with E-state index in [0.717, 1.165) is 22.6 Å². The zero-order valence-corrected chi connectivity index (χ0v) is 23.0. The maximum atomic E-state index is 12.7. The molecule has 1 aliphatic heterocycles. The van der Waals surface area contributed by atoms with Crippen LogP contribution in [0.3, 0.4) is 0 Å². The van der Waals surface area contributed by atoms with Gasteiger partial charge in [0.1, 0.15) is 5.75 Å².